The number of carbonyl (C=O) groups is 2. The molecule has 0 aliphatic heterocycles. The molecule has 1 aromatic carbocycles. The van der Waals surface area contributed by atoms with Gasteiger partial charge in [0.1, 0.15) is 11.5 Å². The molecular weight excluding hydrogens is 250 g/mol. The van der Waals surface area contributed by atoms with Gasteiger partial charge in [0.25, 0.3) is 5.91 Å². The van der Waals surface area contributed by atoms with Crippen LogP contribution in [-0.4, -0.2) is 49.2 Å². The maximum Gasteiger partial charge on any atom is 0.305 e. The summed E-state index contributed by atoms with van der Waals surface area (Å²) in [7, 11) is 3.11. The van der Waals surface area contributed by atoms with Crippen LogP contribution in [0.5, 0.6) is 11.5 Å². The van der Waals surface area contributed by atoms with Gasteiger partial charge >= 0.3 is 5.97 Å². The predicted molar refractivity (Wildman–Crippen MR) is 68.4 cm³/mol. The summed E-state index contributed by atoms with van der Waals surface area (Å²) in [6, 6.07) is 6.86. The van der Waals surface area contributed by atoms with E-state index in [1.807, 2.05) is 0 Å². The molecular formula is C13H17NO5. The summed E-state index contributed by atoms with van der Waals surface area (Å²) in [5.74, 6) is 0.0610. The maximum atomic E-state index is 11.6. The van der Waals surface area contributed by atoms with Gasteiger partial charge in [-0.1, -0.05) is 0 Å². The van der Waals surface area contributed by atoms with E-state index in [0.29, 0.717) is 11.5 Å². The number of likely N-dealkylation sites (N-methyl/N-ethyl adjacent to an activating group) is 1. The van der Waals surface area contributed by atoms with E-state index in [1.165, 1.54) is 4.90 Å². The average Bonchev–Trinajstić information content (AvgIpc) is 2.42. The molecule has 0 saturated heterocycles. The van der Waals surface area contributed by atoms with Gasteiger partial charge in [0, 0.05) is 13.6 Å². The lowest BCUT2D eigenvalue weighted by Gasteiger charge is -2.16. The van der Waals surface area contributed by atoms with Crippen LogP contribution in [0.1, 0.15) is 6.42 Å². The largest absolute Gasteiger partial charge is 0.497 e. The molecule has 0 spiro atoms. The number of aliphatic carboxylic acids is 1. The lowest BCUT2D eigenvalue weighted by molar-refractivity contribution is -0.138. The monoisotopic (exact) mass is 267 g/mol. The molecule has 0 radical (unpaired) electrons. The van der Waals surface area contributed by atoms with Crippen molar-refractivity contribution in [3.8, 4) is 11.5 Å². The van der Waals surface area contributed by atoms with Gasteiger partial charge in [-0.3, -0.25) is 9.59 Å². The van der Waals surface area contributed by atoms with Crippen LogP contribution >= 0.6 is 0 Å². The standard InChI is InChI=1S/C13H17NO5/c1-14(8-7-13(16)17)12(15)9-19-11-5-3-10(18-2)4-6-11/h3-6H,7-9H2,1-2H3,(H,16,17). The summed E-state index contributed by atoms with van der Waals surface area (Å²) in [5, 5.41) is 8.52. The number of hydrogen-bond donors (Lipinski definition) is 1. The molecule has 0 aliphatic rings. The highest BCUT2D eigenvalue weighted by Gasteiger charge is 2.10. The first kappa shape index (κ1) is 14.8. The van der Waals surface area contributed by atoms with Crippen LogP contribution in [0.2, 0.25) is 0 Å². The number of nitrogens with zero attached hydrogens (tertiary/aromatic N) is 1. The Morgan fingerprint density at radius 2 is 1.79 bits per heavy atom. The second-order valence-electron chi connectivity index (χ2n) is 3.92. The molecule has 0 atom stereocenters. The average molecular weight is 267 g/mol. The first-order chi connectivity index (χ1) is 9.02. The van der Waals surface area contributed by atoms with Gasteiger partial charge in [-0.2, -0.15) is 0 Å². The van der Waals surface area contributed by atoms with Gasteiger partial charge in [-0.05, 0) is 24.3 Å². The molecule has 6 nitrogen and oxygen atoms in total. The van der Waals surface area contributed by atoms with Crippen molar-refractivity contribution in [1.29, 1.82) is 0 Å². The summed E-state index contributed by atoms with van der Waals surface area (Å²) >= 11 is 0. The SMILES string of the molecule is COc1ccc(OCC(=O)N(C)CCC(=O)O)cc1. The van der Waals surface area contributed by atoms with E-state index in [4.69, 9.17) is 14.6 Å². The molecule has 0 bridgehead atoms. The Labute approximate surface area is 111 Å². The highest BCUT2D eigenvalue weighted by Crippen LogP contribution is 2.16. The number of hydrogen-bond acceptors (Lipinski definition) is 4. The zero-order valence-corrected chi connectivity index (χ0v) is 11.0. The van der Waals surface area contributed by atoms with Crippen LogP contribution in [-0.2, 0) is 9.59 Å². The second kappa shape index (κ2) is 7.25. The van der Waals surface area contributed by atoms with Crippen molar-refractivity contribution in [2.75, 3.05) is 27.3 Å². The quantitative estimate of drug-likeness (QED) is 0.797. The van der Waals surface area contributed by atoms with Crippen LogP contribution in [0.25, 0.3) is 0 Å². The fourth-order valence-corrected chi connectivity index (χ4v) is 1.32. The van der Waals surface area contributed by atoms with E-state index >= 15 is 0 Å². The predicted octanol–water partition coefficient (Wildman–Crippen LogP) is 1.01. The summed E-state index contributed by atoms with van der Waals surface area (Å²) in [6.07, 6.45) is -0.0786. The zero-order valence-electron chi connectivity index (χ0n) is 11.0. The molecule has 0 saturated carbocycles. The lowest BCUT2D eigenvalue weighted by Crippen LogP contribution is -2.33. The Hall–Kier alpha value is -2.24. The topological polar surface area (TPSA) is 76.1 Å². The van der Waals surface area contributed by atoms with Crippen molar-refractivity contribution >= 4 is 11.9 Å². The molecule has 1 N–H and O–H groups in total. The Balaban J connectivity index is 2.38. The fourth-order valence-electron chi connectivity index (χ4n) is 1.32. The Morgan fingerprint density at radius 3 is 2.32 bits per heavy atom. The van der Waals surface area contributed by atoms with Crippen molar-refractivity contribution in [1.82, 2.24) is 4.90 Å². The van der Waals surface area contributed by atoms with Crippen molar-refractivity contribution in [3.05, 3.63) is 24.3 Å². The summed E-state index contributed by atoms with van der Waals surface area (Å²) in [6.45, 7) is 0.0442. The normalized spacial score (nSPS) is 9.79. The van der Waals surface area contributed by atoms with Crippen LogP contribution < -0.4 is 9.47 Å². The minimum absolute atomic E-state index is 0.0786. The number of carboxylic acid groups (broad SMARTS) is 1. The molecule has 1 aromatic rings. The number of carbonyl (C=O) groups excluding carboxylic acids is 1. The Kier molecular flexibility index (Phi) is 5.66. The van der Waals surface area contributed by atoms with Crippen LogP contribution in [0.4, 0.5) is 0 Å². The zero-order chi connectivity index (χ0) is 14.3. The van der Waals surface area contributed by atoms with Gasteiger partial charge in [0.05, 0.1) is 13.5 Å². The van der Waals surface area contributed by atoms with E-state index in [-0.39, 0.29) is 25.5 Å². The van der Waals surface area contributed by atoms with Gasteiger partial charge in [-0.15, -0.1) is 0 Å². The Morgan fingerprint density at radius 1 is 1.21 bits per heavy atom. The van der Waals surface area contributed by atoms with Gasteiger partial charge in [0.15, 0.2) is 6.61 Å². The number of carboxylic acids is 1. The molecule has 0 aliphatic carbocycles. The van der Waals surface area contributed by atoms with E-state index in [2.05, 4.69) is 0 Å². The van der Waals surface area contributed by atoms with Crippen molar-refractivity contribution in [2.45, 2.75) is 6.42 Å². The van der Waals surface area contributed by atoms with Crippen LogP contribution in [0.15, 0.2) is 24.3 Å². The molecule has 0 aromatic heterocycles. The molecule has 104 valence electrons. The van der Waals surface area contributed by atoms with Crippen molar-refractivity contribution in [3.63, 3.8) is 0 Å². The number of rotatable bonds is 7. The van der Waals surface area contributed by atoms with Gasteiger partial charge < -0.3 is 19.5 Å². The van der Waals surface area contributed by atoms with Crippen LogP contribution in [0, 0.1) is 0 Å². The molecule has 19 heavy (non-hydrogen) atoms. The summed E-state index contributed by atoms with van der Waals surface area (Å²) < 4.78 is 10.3. The minimum Gasteiger partial charge on any atom is -0.497 e. The number of benzene rings is 1. The van der Waals surface area contributed by atoms with Crippen LogP contribution in [0.3, 0.4) is 0 Å². The fraction of sp³-hybridized carbons (Fsp3) is 0.385. The molecule has 0 heterocycles. The van der Waals surface area contributed by atoms with Crippen molar-refractivity contribution < 1.29 is 24.2 Å². The van der Waals surface area contributed by atoms with E-state index in [1.54, 1.807) is 38.4 Å². The second-order valence-corrected chi connectivity index (χ2v) is 3.92. The molecule has 6 heteroatoms. The van der Waals surface area contributed by atoms with Gasteiger partial charge in [-0.25, -0.2) is 0 Å². The highest BCUT2D eigenvalue weighted by atomic mass is 16.5. The molecule has 0 unspecified atom stereocenters. The lowest BCUT2D eigenvalue weighted by atomic mass is 10.3. The van der Waals surface area contributed by atoms with Crippen molar-refractivity contribution in [2.24, 2.45) is 0 Å². The molecule has 1 amide bonds. The first-order valence-electron chi connectivity index (χ1n) is 5.75. The van der Waals surface area contributed by atoms with E-state index in [9.17, 15) is 9.59 Å². The number of amides is 1. The molecule has 0 fully saturated rings. The Bertz CT molecular complexity index is 429. The van der Waals surface area contributed by atoms with E-state index < -0.39 is 5.97 Å². The number of ether oxygens (including phenoxy) is 2. The maximum absolute atomic E-state index is 11.6. The summed E-state index contributed by atoms with van der Waals surface area (Å²) in [5.41, 5.74) is 0. The van der Waals surface area contributed by atoms with E-state index in [0.717, 1.165) is 0 Å². The van der Waals surface area contributed by atoms with Gasteiger partial charge in [0.2, 0.25) is 0 Å². The number of methoxy groups -OCH3 is 1. The third-order valence-electron chi connectivity index (χ3n) is 2.51. The minimum atomic E-state index is -0.935. The first-order valence-corrected chi connectivity index (χ1v) is 5.75. The highest BCUT2D eigenvalue weighted by molar-refractivity contribution is 5.78. The third-order valence-corrected chi connectivity index (χ3v) is 2.51. The summed E-state index contributed by atoms with van der Waals surface area (Å²) in [4.78, 5) is 23.4. The third kappa shape index (κ3) is 5.29. The smallest absolute Gasteiger partial charge is 0.305 e. The molecule has 1 rings (SSSR count).